The molecular formula is C21H19ClN4OS. The van der Waals surface area contributed by atoms with Gasteiger partial charge >= 0.3 is 0 Å². The SMILES string of the molecule is O=C1C=c2cc(CCN3CCN(c4nsc5ccccc45)CC3)c(Cl)cc2=N1. The average molecular weight is 411 g/mol. The fourth-order valence-corrected chi connectivity index (χ4v) is 4.93. The van der Waals surface area contributed by atoms with Gasteiger partial charge in [-0.1, -0.05) is 23.7 Å². The molecule has 1 amide bonds. The third kappa shape index (κ3) is 3.32. The van der Waals surface area contributed by atoms with Crippen molar-refractivity contribution in [3.63, 3.8) is 0 Å². The molecule has 2 aliphatic rings. The van der Waals surface area contributed by atoms with Gasteiger partial charge in [0, 0.05) is 54.4 Å². The Labute approximate surface area is 171 Å². The predicted molar refractivity (Wildman–Crippen MR) is 114 cm³/mol. The van der Waals surface area contributed by atoms with E-state index < -0.39 is 0 Å². The summed E-state index contributed by atoms with van der Waals surface area (Å²) in [5, 5.41) is 3.51. The van der Waals surface area contributed by atoms with Gasteiger partial charge in [0.25, 0.3) is 5.91 Å². The molecule has 1 fully saturated rings. The molecule has 0 unspecified atom stereocenters. The van der Waals surface area contributed by atoms with E-state index in [9.17, 15) is 4.79 Å². The fourth-order valence-electron chi connectivity index (χ4n) is 3.88. The second-order valence-electron chi connectivity index (χ2n) is 7.18. The van der Waals surface area contributed by atoms with Crippen LogP contribution in [-0.2, 0) is 11.2 Å². The number of hydrogen-bond acceptors (Lipinski definition) is 5. The van der Waals surface area contributed by atoms with Gasteiger partial charge in [0.05, 0.1) is 10.1 Å². The lowest BCUT2D eigenvalue weighted by atomic mass is 10.1. The molecule has 142 valence electrons. The number of halogens is 1. The summed E-state index contributed by atoms with van der Waals surface area (Å²) in [4.78, 5) is 20.3. The third-order valence-corrected chi connectivity index (χ3v) is 6.60. The van der Waals surface area contributed by atoms with E-state index in [1.54, 1.807) is 23.7 Å². The van der Waals surface area contributed by atoms with Gasteiger partial charge in [0.15, 0.2) is 0 Å². The molecule has 5 nitrogen and oxygen atoms in total. The van der Waals surface area contributed by atoms with Gasteiger partial charge in [0.1, 0.15) is 5.82 Å². The molecule has 0 bridgehead atoms. The van der Waals surface area contributed by atoms with Gasteiger partial charge in [-0.25, -0.2) is 4.99 Å². The molecule has 2 aromatic carbocycles. The number of carbonyl (C=O) groups is 1. The van der Waals surface area contributed by atoms with Crippen LogP contribution in [0.15, 0.2) is 41.4 Å². The van der Waals surface area contributed by atoms with Crippen molar-refractivity contribution < 1.29 is 4.79 Å². The molecule has 0 spiro atoms. The standard InChI is InChI=1S/C21H19ClN4OS/c22-17-13-18-15(12-20(27)23-18)11-14(17)5-6-25-7-9-26(10-8-25)21-16-3-1-2-4-19(16)28-24-21/h1-4,11-13H,5-10H2. The maximum atomic E-state index is 11.5. The van der Waals surface area contributed by atoms with Gasteiger partial charge in [-0.05, 0) is 47.8 Å². The maximum absolute atomic E-state index is 11.5. The highest BCUT2D eigenvalue weighted by Gasteiger charge is 2.20. The summed E-state index contributed by atoms with van der Waals surface area (Å²) in [7, 11) is 0. The largest absolute Gasteiger partial charge is 0.353 e. The summed E-state index contributed by atoms with van der Waals surface area (Å²) >= 11 is 7.97. The Kier molecular flexibility index (Phi) is 4.62. The van der Waals surface area contributed by atoms with Crippen molar-refractivity contribution in [3.8, 4) is 0 Å². The highest BCUT2D eigenvalue weighted by Crippen LogP contribution is 2.29. The number of rotatable bonds is 4. The summed E-state index contributed by atoms with van der Waals surface area (Å²) in [5.74, 6) is 0.916. The number of piperazine rings is 1. The molecule has 2 aliphatic heterocycles. The van der Waals surface area contributed by atoms with Crippen molar-refractivity contribution in [1.82, 2.24) is 9.27 Å². The van der Waals surface area contributed by atoms with E-state index in [-0.39, 0.29) is 5.91 Å². The van der Waals surface area contributed by atoms with Gasteiger partial charge in [0.2, 0.25) is 0 Å². The lowest BCUT2D eigenvalue weighted by molar-refractivity contribution is -0.112. The monoisotopic (exact) mass is 410 g/mol. The van der Waals surface area contributed by atoms with Gasteiger partial charge < -0.3 is 4.90 Å². The zero-order chi connectivity index (χ0) is 19.1. The van der Waals surface area contributed by atoms with Crippen molar-refractivity contribution in [2.75, 3.05) is 37.6 Å². The molecule has 5 rings (SSSR count). The van der Waals surface area contributed by atoms with Crippen LogP contribution in [0.3, 0.4) is 0 Å². The third-order valence-electron chi connectivity index (χ3n) is 5.43. The van der Waals surface area contributed by atoms with Crippen molar-refractivity contribution >= 4 is 51.0 Å². The predicted octanol–water partition coefficient (Wildman–Crippen LogP) is 2.25. The molecule has 1 aromatic heterocycles. The van der Waals surface area contributed by atoms with Crippen LogP contribution in [0.2, 0.25) is 5.02 Å². The first kappa shape index (κ1) is 17.8. The van der Waals surface area contributed by atoms with E-state index in [2.05, 4.69) is 43.4 Å². The van der Waals surface area contributed by atoms with Crippen LogP contribution < -0.4 is 15.5 Å². The van der Waals surface area contributed by atoms with E-state index in [1.165, 1.54) is 10.1 Å². The topological polar surface area (TPSA) is 48.8 Å². The highest BCUT2D eigenvalue weighted by molar-refractivity contribution is 7.13. The zero-order valence-corrected chi connectivity index (χ0v) is 16.8. The fraction of sp³-hybridized carbons (Fsp3) is 0.286. The van der Waals surface area contributed by atoms with E-state index in [0.717, 1.165) is 55.7 Å². The molecule has 1 saturated heterocycles. The van der Waals surface area contributed by atoms with Crippen LogP contribution in [0.1, 0.15) is 5.56 Å². The van der Waals surface area contributed by atoms with E-state index >= 15 is 0 Å². The minimum absolute atomic E-state index is 0.200. The number of fused-ring (bicyclic) bond motifs is 2. The second-order valence-corrected chi connectivity index (χ2v) is 8.39. The van der Waals surface area contributed by atoms with Gasteiger partial charge in [-0.2, -0.15) is 4.37 Å². The summed E-state index contributed by atoms with van der Waals surface area (Å²) in [6.45, 7) is 4.93. The number of anilines is 1. The van der Waals surface area contributed by atoms with Crippen molar-refractivity contribution in [2.24, 2.45) is 4.99 Å². The van der Waals surface area contributed by atoms with Crippen LogP contribution >= 0.6 is 23.1 Å². The molecule has 0 N–H and O–H groups in total. The Hall–Kier alpha value is -2.28. The Morgan fingerprint density at radius 3 is 2.79 bits per heavy atom. The maximum Gasteiger partial charge on any atom is 0.270 e. The molecule has 28 heavy (non-hydrogen) atoms. The normalized spacial score (nSPS) is 16.9. The summed E-state index contributed by atoms with van der Waals surface area (Å²) in [6, 6.07) is 12.2. The van der Waals surface area contributed by atoms with Gasteiger partial charge in [-0.3, -0.25) is 9.69 Å². The molecule has 0 radical (unpaired) electrons. The Bertz CT molecular complexity index is 1180. The second kappa shape index (κ2) is 7.28. The molecule has 3 aromatic rings. The first-order valence-corrected chi connectivity index (χ1v) is 10.6. The zero-order valence-electron chi connectivity index (χ0n) is 15.3. The number of benzene rings is 2. The molecule has 7 heteroatoms. The van der Waals surface area contributed by atoms with Crippen molar-refractivity contribution in [3.05, 3.63) is 57.6 Å². The lowest BCUT2D eigenvalue weighted by Crippen LogP contribution is -2.47. The molecule has 0 saturated carbocycles. The smallest absolute Gasteiger partial charge is 0.270 e. The number of carbonyl (C=O) groups excluding carboxylic acids is 1. The number of nitrogens with zero attached hydrogens (tertiary/aromatic N) is 4. The van der Waals surface area contributed by atoms with E-state index in [4.69, 9.17) is 11.6 Å². The number of hydrogen-bond donors (Lipinski definition) is 0. The highest BCUT2D eigenvalue weighted by atomic mass is 35.5. The first-order chi connectivity index (χ1) is 13.7. The quantitative estimate of drug-likeness (QED) is 0.662. The van der Waals surface area contributed by atoms with Crippen LogP contribution in [0, 0.1) is 0 Å². The Morgan fingerprint density at radius 1 is 1.11 bits per heavy atom. The summed E-state index contributed by atoms with van der Waals surface area (Å²) in [5.41, 5.74) is 1.08. The minimum Gasteiger partial charge on any atom is -0.353 e. The molecule has 0 aliphatic carbocycles. The van der Waals surface area contributed by atoms with Crippen LogP contribution in [0.5, 0.6) is 0 Å². The van der Waals surface area contributed by atoms with Gasteiger partial charge in [-0.15, -0.1) is 0 Å². The molecule has 0 atom stereocenters. The Balaban J connectivity index is 1.23. The van der Waals surface area contributed by atoms with Crippen LogP contribution in [0.4, 0.5) is 5.82 Å². The molecule has 3 heterocycles. The number of amides is 1. The van der Waals surface area contributed by atoms with Crippen molar-refractivity contribution in [1.29, 1.82) is 0 Å². The van der Waals surface area contributed by atoms with E-state index in [0.29, 0.717) is 10.4 Å². The minimum atomic E-state index is -0.200. The lowest BCUT2D eigenvalue weighted by Gasteiger charge is -2.35. The average Bonchev–Trinajstić information content (AvgIpc) is 3.29. The Morgan fingerprint density at radius 2 is 1.93 bits per heavy atom. The first-order valence-electron chi connectivity index (χ1n) is 9.42. The van der Waals surface area contributed by atoms with Crippen molar-refractivity contribution in [2.45, 2.75) is 6.42 Å². The summed E-state index contributed by atoms with van der Waals surface area (Å²) < 4.78 is 5.92. The molecular weight excluding hydrogens is 392 g/mol. The van der Waals surface area contributed by atoms with E-state index in [1.807, 2.05) is 6.07 Å². The number of aromatic nitrogens is 1. The summed E-state index contributed by atoms with van der Waals surface area (Å²) in [6.07, 6.45) is 2.44. The van der Waals surface area contributed by atoms with Crippen LogP contribution in [0.25, 0.3) is 16.2 Å². The van der Waals surface area contributed by atoms with Crippen LogP contribution in [-0.4, -0.2) is 47.9 Å².